The molecule has 0 heterocycles. The highest BCUT2D eigenvalue weighted by atomic mass is 79.9. The van der Waals surface area contributed by atoms with Crippen molar-refractivity contribution in [3.05, 3.63) is 47.0 Å². The first kappa shape index (κ1) is 13.2. The number of nitrogens with one attached hydrogen (secondary N) is 2. The van der Waals surface area contributed by atoms with Crippen LogP contribution >= 0.6 is 28.1 Å². The van der Waals surface area contributed by atoms with Gasteiger partial charge in [0, 0.05) is 11.0 Å². The van der Waals surface area contributed by atoms with Gasteiger partial charge < -0.3 is 10.6 Å². The third-order valence-electron chi connectivity index (χ3n) is 2.12. The van der Waals surface area contributed by atoms with E-state index in [0.717, 1.165) is 4.47 Å². The molecular formula is C12H15BrN2S. The van der Waals surface area contributed by atoms with E-state index in [-0.39, 0.29) is 6.04 Å². The summed E-state index contributed by atoms with van der Waals surface area (Å²) in [4.78, 5) is 0. The first-order valence-corrected chi connectivity index (χ1v) is 6.24. The summed E-state index contributed by atoms with van der Waals surface area (Å²) in [7, 11) is 0. The fraction of sp³-hybridized carbons (Fsp3) is 0.250. The fourth-order valence-corrected chi connectivity index (χ4v) is 1.77. The molecule has 0 aliphatic heterocycles. The Morgan fingerprint density at radius 3 is 2.69 bits per heavy atom. The molecule has 0 aromatic heterocycles. The summed E-state index contributed by atoms with van der Waals surface area (Å²) in [5, 5.41) is 6.89. The predicted molar refractivity (Wildman–Crippen MR) is 76.5 cm³/mol. The van der Waals surface area contributed by atoms with Crippen molar-refractivity contribution in [3.63, 3.8) is 0 Å². The van der Waals surface area contributed by atoms with Gasteiger partial charge in [0.15, 0.2) is 5.11 Å². The zero-order valence-corrected chi connectivity index (χ0v) is 11.6. The summed E-state index contributed by atoms with van der Waals surface area (Å²) in [6.07, 6.45) is 1.78. The Bertz CT molecular complexity index is 362. The highest BCUT2D eigenvalue weighted by Crippen LogP contribution is 2.16. The van der Waals surface area contributed by atoms with Gasteiger partial charge >= 0.3 is 0 Å². The molecule has 1 aromatic rings. The third kappa shape index (κ3) is 4.33. The Hall–Kier alpha value is -0.870. The number of halogens is 1. The van der Waals surface area contributed by atoms with Crippen molar-refractivity contribution < 1.29 is 0 Å². The molecule has 4 heteroatoms. The van der Waals surface area contributed by atoms with E-state index in [1.807, 2.05) is 12.1 Å². The molecule has 0 radical (unpaired) electrons. The van der Waals surface area contributed by atoms with Crippen LogP contribution in [0.1, 0.15) is 18.5 Å². The molecule has 0 aliphatic rings. The SMILES string of the molecule is C=CCNC(=S)N[C@@H](C)c1ccc(Br)cc1. The van der Waals surface area contributed by atoms with Crippen LogP contribution in [0.25, 0.3) is 0 Å². The molecule has 1 aromatic carbocycles. The molecule has 0 aliphatic carbocycles. The summed E-state index contributed by atoms with van der Waals surface area (Å²) in [6.45, 7) is 6.38. The average Bonchev–Trinajstić information content (AvgIpc) is 2.27. The second-order valence-corrected chi connectivity index (χ2v) is 4.74. The van der Waals surface area contributed by atoms with E-state index in [0.29, 0.717) is 11.7 Å². The van der Waals surface area contributed by atoms with Crippen LogP contribution in [0.4, 0.5) is 0 Å². The van der Waals surface area contributed by atoms with E-state index >= 15 is 0 Å². The molecule has 1 rings (SSSR count). The maximum absolute atomic E-state index is 5.14. The molecule has 16 heavy (non-hydrogen) atoms. The van der Waals surface area contributed by atoms with Gasteiger partial charge in [0.05, 0.1) is 6.04 Å². The lowest BCUT2D eigenvalue weighted by molar-refractivity contribution is 0.705. The van der Waals surface area contributed by atoms with E-state index in [2.05, 4.69) is 52.2 Å². The van der Waals surface area contributed by atoms with Crippen molar-refractivity contribution in [1.82, 2.24) is 10.6 Å². The summed E-state index contributed by atoms with van der Waals surface area (Å²) in [5.41, 5.74) is 1.20. The van der Waals surface area contributed by atoms with Crippen LogP contribution in [0.15, 0.2) is 41.4 Å². The third-order valence-corrected chi connectivity index (χ3v) is 2.92. The molecule has 0 unspecified atom stereocenters. The zero-order valence-electron chi connectivity index (χ0n) is 9.16. The predicted octanol–water partition coefficient (Wildman–Crippen LogP) is 3.16. The fourth-order valence-electron chi connectivity index (χ4n) is 1.25. The van der Waals surface area contributed by atoms with Crippen molar-refractivity contribution in [1.29, 1.82) is 0 Å². The Kier molecular flexibility index (Phi) is 5.49. The maximum Gasteiger partial charge on any atom is 0.167 e. The molecule has 0 amide bonds. The monoisotopic (exact) mass is 298 g/mol. The smallest absolute Gasteiger partial charge is 0.167 e. The van der Waals surface area contributed by atoms with Crippen LogP contribution < -0.4 is 10.6 Å². The van der Waals surface area contributed by atoms with Crippen molar-refractivity contribution in [2.45, 2.75) is 13.0 Å². The number of rotatable bonds is 4. The van der Waals surface area contributed by atoms with Gasteiger partial charge in [-0.15, -0.1) is 6.58 Å². The number of hydrogen-bond donors (Lipinski definition) is 2. The van der Waals surface area contributed by atoms with Crippen LogP contribution in [0.2, 0.25) is 0 Å². The lowest BCUT2D eigenvalue weighted by Crippen LogP contribution is -2.36. The normalized spacial score (nSPS) is 11.6. The van der Waals surface area contributed by atoms with E-state index in [9.17, 15) is 0 Å². The maximum atomic E-state index is 5.14. The van der Waals surface area contributed by atoms with Gasteiger partial charge in [-0.1, -0.05) is 34.1 Å². The van der Waals surface area contributed by atoms with Crippen LogP contribution in [-0.2, 0) is 0 Å². The second kappa shape index (κ2) is 6.66. The van der Waals surface area contributed by atoms with Crippen LogP contribution in [0.3, 0.4) is 0 Å². The van der Waals surface area contributed by atoms with Crippen molar-refractivity contribution in [2.24, 2.45) is 0 Å². The quantitative estimate of drug-likeness (QED) is 0.659. The van der Waals surface area contributed by atoms with Crippen LogP contribution in [0, 0.1) is 0 Å². The van der Waals surface area contributed by atoms with Gasteiger partial charge in [0.25, 0.3) is 0 Å². The minimum atomic E-state index is 0.193. The molecular weight excluding hydrogens is 284 g/mol. The number of benzene rings is 1. The van der Waals surface area contributed by atoms with E-state index in [1.54, 1.807) is 6.08 Å². The summed E-state index contributed by atoms with van der Waals surface area (Å²) >= 11 is 8.55. The van der Waals surface area contributed by atoms with Gasteiger partial charge in [-0.05, 0) is 36.8 Å². The van der Waals surface area contributed by atoms with Crippen LogP contribution in [0.5, 0.6) is 0 Å². The van der Waals surface area contributed by atoms with Gasteiger partial charge in [0.2, 0.25) is 0 Å². The highest BCUT2D eigenvalue weighted by molar-refractivity contribution is 9.10. The molecule has 0 saturated carbocycles. The average molecular weight is 299 g/mol. The van der Waals surface area contributed by atoms with E-state index < -0.39 is 0 Å². The lowest BCUT2D eigenvalue weighted by atomic mass is 10.1. The number of hydrogen-bond acceptors (Lipinski definition) is 1. The molecule has 2 nitrogen and oxygen atoms in total. The summed E-state index contributed by atoms with van der Waals surface area (Å²) in [5.74, 6) is 0. The van der Waals surface area contributed by atoms with Gasteiger partial charge in [0.1, 0.15) is 0 Å². The van der Waals surface area contributed by atoms with Crippen molar-refractivity contribution in [3.8, 4) is 0 Å². The zero-order chi connectivity index (χ0) is 12.0. The Labute approximate surface area is 110 Å². The molecule has 0 fully saturated rings. The topological polar surface area (TPSA) is 24.1 Å². The molecule has 1 atom stereocenters. The molecule has 0 saturated heterocycles. The van der Waals surface area contributed by atoms with Crippen molar-refractivity contribution >= 4 is 33.3 Å². The van der Waals surface area contributed by atoms with Crippen LogP contribution in [-0.4, -0.2) is 11.7 Å². The van der Waals surface area contributed by atoms with Gasteiger partial charge in [-0.2, -0.15) is 0 Å². The second-order valence-electron chi connectivity index (χ2n) is 3.42. The van der Waals surface area contributed by atoms with Gasteiger partial charge in [-0.25, -0.2) is 0 Å². The standard InChI is InChI=1S/C12H15BrN2S/c1-3-8-14-12(16)15-9(2)10-4-6-11(13)7-5-10/h3-7,9H,1,8H2,2H3,(H2,14,15,16)/t9-/m0/s1. The first-order valence-electron chi connectivity index (χ1n) is 5.04. The Morgan fingerprint density at radius 1 is 1.50 bits per heavy atom. The van der Waals surface area contributed by atoms with Crippen molar-refractivity contribution in [2.75, 3.05) is 6.54 Å². The van der Waals surface area contributed by atoms with Gasteiger partial charge in [-0.3, -0.25) is 0 Å². The summed E-state index contributed by atoms with van der Waals surface area (Å²) < 4.78 is 1.08. The highest BCUT2D eigenvalue weighted by Gasteiger charge is 2.05. The number of thiocarbonyl (C=S) groups is 1. The lowest BCUT2D eigenvalue weighted by Gasteiger charge is -2.16. The largest absolute Gasteiger partial charge is 0.359 e. The molecule has 0 bridgehead atoms. The first-order chi connectivity index (χ1) is 7.63. The minimum absolute atomic E-state index is 0.193. The van der Waals surface area contributed by atoms with E-state index in [4.69, 9.17) is 12.2 Å². The molecule has 86 valence electrons. The Balaban J connectivity index is 2.51. The minimum Gasteiger partial charge on any atom is -0.359 e. The summed E-state index contributed by atoms with van der Waals surface area (Å²) in [6, 6.07) is 8.37. The molecule has 0 spiro atoms. The van der Waals surface area contributed by atoms with E-state index in [1.165, 1.54) is 5.56 Å². The molecule has 2 N–H and O–H groups in total. The Morgan fingerprint density at radius 2 is 2.12 bits per heavy atom.